The van der Waals surface area contributed by atoms with Gasteiger partial charge in [0.1, 0.15) is 11.0 Å². The van der Waals surface area contributed by atoms with Gasteiger partial charge >= 0.3 is 0 Å². The summed E-state index contributed by atoms with van der Waals surface area (Å²) in [5.74, 6) is 1.87. The van der Waals surface area contributed by atoms with Gasteiger partial charge in [0, 0.05) is 13.1 Å². The molecule has 1 aromatic heterocycles. The lowest BCUT2D eigenvalue weighted by Crippen LogP contribution is -2.32. The number of nitrogens with zero attached hydrogens (tertiary/aromatic N) is 3. The maximum Gasteiger partial charge on any atom is 0.132 e. The Labute approximate surface area is 114 Å². The quantitative estimate of drug-likeness (QED) is 0.762. The highest BCUT2D eigenvalue weighted by Crippen LogP contribution is 2.20. The summed E-state index contributed by atoms with van der Waals surface area (Å²) in [6, 6.07) is 5.51. The van der Waals surface area contributed by atoms with Crippen LogP contribution in [0.2, 0.25) is 5.15 Å². The van der Waals surface area contributed by atoms with Crippen LogP contribution < -0.4 is 4.90 Å². The molecule has 0 atom stereocenters. The number of hydrogen-bond acceptors (Lipinski definition) is 3. The third-order valence-corrected chi connectivity index (χ3v) is 2.60. The molecule has 4 heteroatoms. The lowest BCUT2D eigenvalue weighted by Gasteiger charge is -2.27. The Morgan fingerprint density at radius 1 is 1.22 bits per heavy atom. The van der Waals surface area contributed by atoms with E-state index in [2.05, 4.69) is 43.6 Å². The molecule has 0 fully saturated rings. The van der Waals surface area contributed by atoms with Crippen molar-refractivity contribution in [3.05, 3.63) is 22.8 Å². The summed E-state index contributed by atoms with van der Waals surface area (Å²) < 4.78 is 0. The molecule has 0 amide bonds. The van der Waals surface area contributed by atoms with E-state index >= 15 is 0 Å². The average Bonchev–Trinajstić information content (AvgIpc) is 2.26. The number of aromatic nitrogens is 1. The Morgan fingerprint density at radius 2 is 1.78 bits per heavy atom. The molecule has 0 radical (unpaired) electrons. The first-order valence-corrected chi connectivity index (χ1v) is 6.62. The van der Waals surface area contributed by atoms with Gasteiger partial charge in [0.25, 0.3) is 0 Å². The molecule has 1 rings (SSSR count). The Morgan fingerprint density at radius 3 is 2.22 bits per heavy atom. The molecule has 0 aromatic carbocycles. The molecule has 0 aliphatic rings. The van der Waals surface area contributed by atoms with E-state index in [1.165, 1.54) is 0 Å². The molecular formula is C14H20ClN3. The first-order valence-electron chi connectivity index (χ1n) is 6.25. The van der Waals surface area contributed by atoms with Gasteiger partial charge < -0.3 is 4.90 Å². The first kappa shape index (κ1) is 14.8. The summed E-state index contributed by atoms with van der Waals surface area (Å²) in [5, 5.41) is 9.35. The van der Waals surface area contributed by atoms with Crippen LogP contribution in [0.3, 0.4) is 0 Å². The van der Waals surface area contributed by atoms with Crippen LogP contribution in [0.4, 0.5) is 5.82 Å². The lowest BCUT2D eigenvalue weighted by molar-refractivity contribution is 0.549. The largest absolute Gasteiger partial charge is 0.356 e. The van der Waals surface area contributed by atoms with Gasteiger partial charge in [0.15, 0.2) is 0 Å². The molecule has 0 aliphatic heterocycles. The van der Waals surface area contributed by atoms with Crippen molar-refractivity contribution in [1.29, 1.82) is 5.26 Å². The Hall–Kier alpha value is -1.27. The highest BCUT2D eigenvalue weighted by atomic mass is 35.5. The van der Waals surface area contributed by atoms with E-state index in [0.717, 1.165) is 18.9 Å². The van der Waals surface area contributed by atoms with Crippen LogP contribution in [-0.2, 0) is 0 Å². The second-order valence-electron chi connectivity index (χ2n) is 5.34. The lowest BCUT2D eigenvalue weighted by atomic mass is 10.1. The van der Waals surface area contributed by atoms with E-state index in [1.54, 1.807) is 12.1 Å². The first-order chi connectivity index (χ1) is 8.42. The van der Waals surface area contributed by atoms with Crippen molar-refractivity contribution < 1.29 is 0 Å². The number of hydrogen-bond donors (Lipinski definition) is 0. The van der Waals surface area contributed by atoms with E-state index in [9.17, 15) is 0 Å². The van der Waals surface area contributed by atoms with Crippen molar-refractivity contribution in [2.24, 2.45) is 11.8 Å². The van der Waals surface area contributed by atoms with Crippen molar-refractivity contribution >= 4 is 17.4 Å². The van der Waals surface area contributed by atoms with Crippen LogP contribution in [0.5, 0.6) is 0 Å². The molecule has 0 spiro atoms. The molecule has 0 N–H and O–H groups in total. The molecular weight excluding hydrogens is 246 g/mol. The number of rotatable bonds is 5. The fourth-order valence-corrected chi connectivity index (χ4v) is 2.06. The Bertz CT molecular complexity index is 425. The standard InChI is InChI=1S/C14H20ClN3/c1-10(2)8-18(9-11(3)4)14-6-12(7-16)5-13(15)17-14/h5-6,10-11H,8-9H2,1-4H3. The van der Waals surface area contributed by atoms with Crippen molar-refractivity contribution in [2.75, 3.05) is 18.0 Å². The summed E-state index contributed by atoms with van der Waals surface area (Å²) >= 11 is 5.96. The summed E-state index contributed by atoms with van der Waals surface area (Å²) in [5.41, 5.74) is 0.558. The summed E-state index contributed by atoms with van der Waals surface area (Å²) in [7, 11) is 0. The maximum absolute atomic E-state index is 8.98. The summed E-state index contributed by atoms with van der Waals surface area (Å²) in [6.07, 6.45) is 0. The number of anilines is 1. The van der Waals surface area contributed by atoms with Crippen molar-refractivity contribution in [2.45, 2.75) is 27.7 Å². The molecule has 0 saturated heterocycles. The second kappa shape index (κ2) is 6.61. The highest BCUT2D eigenvalue weighted by molar-refractivity contribution is 6.29. The van der Waals surface area contributed by atoms with Gasteiger partial charge in [-0.15, -0.1) is 0 Å². The zero-order valence-electron chi connectivity index (χ0n) is 11.4. The SMILES string of the molecule is CC(C)CN(CC(C)C)c1cc(C#N)cc(Cl)n1. The Balaban J connectivity index is 3.04. The van der Waals surface area contributed by atoms with Crippen LogP contribution in [0.25, 0.3) is 0 Å². The fourth-order valence-electron chi connectivity index (χ4n) is 1.85. The van der Waals surface area contributed by atoms with Gasteiger partial charge in [-0.2, -0.15) is 5.26 Å². The molecule has 0 aliphatic carbocycles. The second-order valence-corrected chi connectivity index (χ2v) is 5.73. The predicted octanol–water partition coefficient (Wildman–Crippen LogP) is 3.73. The van der Waals surface area contributed by atoms with Crippen LogP contribution in [0.15, 0.2) is 12.1 Å². The zero-order valence-corrected chi connectivity index (χ0v) is 12.2. The van der Waals surface area contributed by atoms with E-state index < -0.39 is 0 Å². The van der Waals surface area contributed by atoms with Crippen LogP contribution >= 0.6 is 11.6 Å². The van der Waals surface area contributed by atoms with Crippen molar-refractivity contribution in [3.8, 4) is 6.07 Å². The molecule has 18 heavy (non-hydrogen) atoms. The van der Waals surface area contributed by atoms with Crippen LogP contribution in [0.1, 0.15) is 33.3 Å². The molecule has 0 saturated carbocycles. The van der Waals surface area contributed by atoms with Gasteiger partial charge in [0.05, 0.1) is 11.6 Å². The minimum absolute atomic E-state index is 0.376. The van der Waals surface area contributed by atoms with Crippen molar-refractivity contribution in [1.82, 2.24) is 4.98 Å². The number of pyridine rings is 1. The van der Waals surface area contributed by atoms with Crippen LogP contribution in [-0.4, -0.2) is 18.1 Å². The average molecular weight is 266 g/mol. The number of nitriles is 1. The van der Waals surface area contributed by atoms with Gasteiger partial charge in [0.2, 0.25) is 0 Å². The molecule has 0 bridgehead atoms. The van der Waals surface area contributed by atoms with E-state index in [4.69, 9.17) is 16.9 Å². The summed E-state index contributed by atoms with van der Waals surface area (Å²) in [4.78, 5) is 6.52. The minimum atomic E-state index is 0.376. The monoisotopic (exact) mass is 265 g/mol. The number of halogens is 1. The molecule has 1 heterocycles. The van der Waals surface area contributed by atoms with Gasteiger partial charge in [-0.3, -0.25) is 0 Å². The topological polar surface area (TPSA) is 39.9 Å². The highest BCUT2D eigenvalue weighted by Gasteiger charge is 2.13. The predicted molar refractivity (Wildman–Crippen MR) is 75.9 cm³/mol. The van der Waals surface area contributed by atoms with Gasteiger partial charge in [-0.05, 0) is 24.0 Å². The maximum atomic E-state index is 8.98. The summed E-state index contributed by atoms with van der Waals surface area (Å²) in [6.45, 7) is 10.5. The Kier molecular flexibility index (Phi) is 5.43. The van der Waals surface area contributed by atoms with Gasteiger partial charge in [-0.1, -0.05) is 39.3 Å². The van der Waals surface area contributed by atoms with E-state index in [0.29, 0.717) is 22.6 Å². The fraction of sp³-hybridized carbons (Fsp3) is 0.571. The third-order valence-electron chi connectivity index (χ3n) is 2.40. The zero-order chi connectivity index (χ0) is 13.7. The van der Waals surface area contributed by atoms with Crippen LogP contribution in [0, 0.1) is 23.2 Å². The van der Waals surface area contributed by atoms with Crippen molar-refractivity contribution in [3.63, 3.8) is 0 Å². The molecule has 0 unspecified atom stereocenters. The molecule has 98 valence electrons. The minimum Gasteiger partial charge on any atom is -0.356 e. The molecule has 3 nitrogen and oxygen atoms in total. The normalized spacial score (nSPS) is 10.8. The van der Waals surface area contributed by atoms with E-state index in [1.807, 2.05) is 0 Å². The smallest absolute Gasteiger partial charge is 0.132 e. The van der Waals surface area contributed by atoms with Gasteiger partial charge in [-0.25, -0.2) is 4.98 Å². The van der Waals surface area contributed by atoms with E-state index in [-0.39, 0.29) is 0 Å². The molecule has 1 aromatic rings. The third kappa shape index (κ3) is 4.54.